The Kier molecular flexibility index (Phi) is 8.74. The first-order chi connectivity index (χ1) is 18.0. The Morgan fingerprint density at radius 2 is 1.76 bits per heavy atom. The van der Waals surface area contributed by atoms with Crippen LogP contribution in [0.2, 0.25) is 0 Å². The van der Waals surface area contributed by atoms with Crippen molar-refractivity contribution in [2.45, 2.75) is 44.1 Å². The van der Waals surface area contributed by atoms with Crippen molar-refractivity contribution in [1.82, 2.24) is 15.7 Å². The highest BCUT2D eigenvalue weighted by Crippen LogP contribution is 2.34. The minimum absolute atomic E-state index is 0.104. The molecular weight excluding hydrogens is 468 g/mol. The molecule has 3 aromatic carbocycles. The molecule has 0 saturated carbocycles. The van der Waals surface area contributed by atoms with Crippen molar-refractivity contribution >= 4 is 34.2 Å². The SMILES string of the molecule is CN(CCCCCC(=O)NO)C(=O)C(CC1CNc2ccccc21)NC(=O)c1ccc2ccccc2c1. The molecule has 0 fully saturated rings. The van der Waals surface area contributed by atoms with E-state index in [-0.39, 0.29) is 24.2 Å². The summed E-state index contributed by atoms with van der Waals surface area (Å²) in [6.45, 7) is 1.23. The highest BCUT2D eigenvalue weighted by atomic mass is 16.5. The summed E-state index contributed by atoms with van der Waals surface area (Å²) in [5.41, 5.74) is 4.38. The maximum Gasteiger partial charge on any atom is 0.251 e. The highest BCUT2D eigenvalue weighted by molar-refractivity contribution is 6.00. The molecule has 2 unspecified atom stereocenters. The van der Waals surface area contributed by atoms with Gasteiger partial charge >= 0.3 is 0 Å². The summed E-state index contributed by atoms with van der Waals surface area (Å²) < 4.78 is 0. The zero-order valence-corrected chi connectivity index (χ0v) is 21.1. The third-order valence-corrected chi connectivity index (χ3v) is 6.97. The molecule has 3 aromatic rings. The molecule has 4 N–H and O–H groups in total. The van der Waals surface area contributed by atoms with E-state index in [0.29, 0.717) is 31.5 Å². The first kappa shape index (κ1) is 26.2. The second-order valence-corrected chi connectivity index (χ2v) is 9.59. The number of fused-ring (bicyclic) bond motifs is 2. The lowest BCUT2D eigenvalue weighted by Gasteiger charge is -2.27. The molecule has 8 nitrogen and oxygen atoms in total. The maximum absolute atomic E-state index is 13.5. The van der Waals surface area contributed by atoms with Crippen molar-refractivity contribution in [2.75, 3.05) is 25.5 Å². The molecule has 194 valence electrons. The van der Waals surface area contributed by atoms with E-state index >= 15 is 0 Å². The number of hydrogen-bond acceptors (Lipinski definition) is 5. The number of amides is 3. The lowest BCUT2D eigenvalue weighted by Crippen LogP contribution is -2.48. The quantitative estimate of drug-likeness (QED) is 0.180. The molecule has 0 spiro atoms. The molecule has 0 aliphatic carbocycles. The fraction of sp³-hybridized carbons (Fsp3) is 0.345. The van der Waals surface area contributed by atoms with Crippen LogP contribution in [0.5, 0.6) is 0 Å². The molecule has 1 aliphatic rings. The van der Waals surface area contributed by atoms with Gasteiger partial charge in [-0.1, -0.05) is 55.0 Å². The molecule has 0 bridgehead atoms. The van der Waals surface area contributed by atoms with Crippen LogP contribution < -0.4 is 16.1 Å². The van der Waals surface area contributed by atoms with Crippen molar-refractivity contribution in [3.05, 3.63) is 77.9 Å². The number of para-hydroxylation sites is 1. The van der Waals surface area contributed by atoms with Crippen molar-refractivity contribution in [2.24, 2.45) is 0 Å². The molecule has 37 heavy (non-hydrogen) atoms. The topological polar surface area (TPSA) is 111 Å². The van der Waals surface area contributed by atoms with Crippen LogP contribution in [0.15, 0.2) is 66.7 Å². The number of rotatable bonds is 11. The predicted octanol–water partition coefficient (Wildman–Crippen LogP) is 4.06. The molecule has 0 aromatic heterocycles. The smallest absolute Gasteiger partial charge is 0.251 e. The van der Waals surface area contributed by atoms with Gasteiger partial charge in [0.2, 0.25) is 11.8 Å². The van der Waals surface area contributed by atoms with Crippen LogP contribution in [0, 0.1) is 0 Å². The van der Waals surface area contributed by atoms with Gasteiger partial charge in [0.25, 0.3) is 5.91 Å². The van der Waals surface area contributed by atoms with E-state index in [9.17, 15) is 14.4 Å². The summed E-state index contributed by atoms with van der Waals surface area (Å²) in [5.74, 6) is -0.711. The van der Waals surface area contributed by atoms with Gasteiger partial charge in [-0.2, -0.15) is 0 Å². The standard InChI is InChI=1S/C29H34N4O4/c1-33(16-8-2-3-13-27(34)32-37)29(36)26(18-23-19-30-25-12-7-6-11-24(23)25)31-28(35)22-15-14-20-9-4-5-10-21(20)17-22/h4-7,9-12,14-15,17,23,26,30,37H,2-3,8,13,16,18-19H2,1H3,(H,31,35)(H,32,34). The Bertz CT molecular complexity index is 1260. The van der Waals surface area contributed by atoms with E-state index in [2.05, 4.69) is 16.7 Å². The minimum Gasteiger partial charge on any atom is -0.384 e. The van der Waals surface area contributed by atoms with Crippen LogP contribution in [0.4, 0.5) is 5.69 Å². The van der Waals surface area contributed by atoms with Gasteiger partial charge in [-0.15, -0.1) is 0 Å². The second kappa shape index (κ2) is 12.4. The normalized spacial score (nSPS) is 14.9. The van der Waals surface area contributed by atoms with E-state index in [4.69, 9.17) is 5.21 Å². The van der Waals surface area contributed by atoms with Crippen molar-refractivity contribution in [1.29, 1.82) is 0 Å². The molecule has 3 amide bonds. The van der Waals surface area contributed by atoms with Gasteiger partial charge in [0, 0.05) is 43.7 Å². The summed E-state index contributed by atoms with van der Waals surface area (Å²) in [6.07, 6.45) is 2.83. The zero-order valence-electron chi connectivity index (χ0n) is 21.1. The van der Waals surface area contributed by atoms with E-state index in [1.807, 2.05) is 54.6 Å². The largest absolute Gasteiger partial charge is 0.384 e. The van der Waals surface area contributed by atoms with Gasteiger partial charge < -0.3 is 15.5 Å². The third-order valence-electron chi connectivity index (χ3n) is 6.97. The average Bonchev–Trinajstić information content (AvgIpc) is 3.34. The lowest BCUT2D eigenvalue weighted by molar-refractivity contribution is -0.132. The molecule has 2 atom stereocenters. The second-order valence-electron chi connectivity index (χ2n) is 9.59. The highest BCUT2D eigenvalue weighted by Gasteiger charge is 2.31. The Morgan fingerprint density at radius 1 is 1.00 bits per heavy atom. The maximum atomic E-state index is 13.5. The van der Waals surface area contributed by atoms with Gasteiger partial charge in [0.1, 0.15) is 6.04 Å². The van der Waals surface area contributed by atoms with Crippen LogP contribution in [-0.2, 0) is 9.59 Å². The van der Waals surface area contributed by atoms with Gasteiger partial charge in [0.05, 0.1) is 0 Å². The Balaban J connectivity index is 1.45. The predicted molar refractivity (Wildman–Crippen MR) is 144 cm³/mol. The first-order valence-corrected chi connectivity index (χ1v) is 12.8. The molecule has 0 radical (unpaired) electrons. The Morgan fingerprint density at radius 3 is 2.57 bits per heavy atom. The lowest BCUT2D eigenvalue weighted by atomic mass is 9.93. The van der Waals surface area contributed by atoms with Crippen LogP contribution in [0.25, 0.3) is 10.8 Å². The molecule has 1 aliphatic heterocycles. The number of benzene rings is 3. The van der Waals surface area contributed by atoms with Crippen LogP contribution in [0.1, 0.15) is 53.9 Å². The number of unbranched alkanes of at least 4 members (excludes halogenated alkanes) is 2. The minimum atomic E-state index is -0.679. The number of carbonyl (C=O) groups excluding carboxylic acids is 3. The summed E-state index contributed by atoms with van der Waals surface area (Å²) in [7, 11) is 1.75. The van der Waals surface area contributed by atoms with E-state index in [0.717, 1.165) is 34.9 Å². The van der Waals surface area contributed by atoms with Crippen LogP contribution in [-0.4, -0.2) is 54.0 Å². The molecule has 1 heterocycles. The summed E-state index contributed by atoms with van der Waals surface area (Å²) in [4.78, 5) is 39.7. The summed E-state index contributed by atoms with van der Waals surface area (Å²) >= 11 is 0. The number of hydrogen-bond donors (Lipinski definition) is 4. The fourth-order valence-electron chi connectivity index (χ4n) is 4.89. The van der Waals surface area contributed by atoms with Crippen molar-refractivity contribution < 1.29 is 19.6 Å². The number of nitrogens with zero attached hydrogens (tertiary/aromatic N) is 1. The van der Waals surface area contributed by atoms with Crippen molar-refractivity contribution in [3.8, 4) is 0 Å². The van der Waals surface area contributed by atoms with E-state index in [1.165, 1.54) is 0 Å². The molecule has 8 heteroatoms. The van der Waals surface area contributed by atoms with Gasteiger partial charge in [-0.3, -0.25) is 19.6 Å². The van der Waals surface area contributed by atoms with Crippen LogP contribution in [0.3, 0.4) is 0 Å². The monoisotopic (exact) mass is 502 g/mol. The van der Waals surface area contributed by atoms with Gasteiger partial charge in [-0.25, -0.2) is 5.48 Å². The summed E-state index contributed by atoms with van der Waals surface area (Å²) in [5, 5.41) is 17.1. The number of anilines is 1. The third kappa shape index (κ3) is 6.65. The molecular formula is C29H34N4O4. The van der Waals surface area contributed by atoms with E-state index < -0.39 is 11.9 Å². The average molecular weight is 503 g/mol. The first-order valence-electron chi connectivity index (χ1n) is 12.8. The van der Waals surface area contributed by atoms with Crippen LogP contribution >= 0.6 is 0 Å². The number of nitrogens with one attached hydrogen (secondary N) is 3. The molecule has 0 saturated heterocycles. The zero-order chi connectivity index (χ0) is 26.2. The summed E-state index contributed by atoms with van der Waals surface area (Å²) in [6, 6.07) is 20.8. The van der Waals surface area contributed by atoms with Crippen molar-refractivity contribution in [3.63, 3.8) is 0 Å². The number of hydroxylamine groups is 1. The van der Waals surface area contributed by atoms with Gasteiger partial charge in [0.15, 0.2) is 0 Å². The number of likely N-dealkylation sites (N-methyl/N-ethyl adjacent to an activating group) is 1. The Labute approximate surface area is 217 Å². The molecule has 4 rings (SSSR count). The van der Waals surface area contributed by atoms with E-state index in [1.54, 1.807) is 23.5 Å². The fourth-order valence-corrected chi connectivity index (χ4v) is 4.89. The van der Waals surface area contributed by atoms with Gasteiger partial charge in [-0.05, 0) is 53.8 Å². The number of carbonyl (C=O) groups is 3. The Hall–Kier alpha value is -3.91.